The molecule has 7 heteroatoms. The van der Waals surface area contributed by atoms with Gasteiger partial charge in [0.25, 0.3) is 5.91 Å². The van der Waals surface area contributed by atoms with Crippen molar-refractivity contribution in [3.8, 4) is 16.9 Å². The lowest BCUT2D eigenvalue weighted by atomic mass is 10.0. The highest BCUT2D eigenvalue weighted by Crippen LogP contribution is 2.31. The number of carbonyl (C=O) groups excluding carboxylic acids is 1. The normalized spacial score (nSPS) is 13.7. The monoisotopic (exact) mass is 440 g/mol. The van der Waals surface area contributed by atoms with Crippen LogP contribution in [-0.4, -0.2) is 38.9 Å². The van der Waals surface area contributed by atoms with Gasteiger partial charge < -0.3 is 19.6 Å². The maximum absolute atomic E-state index is 14.1. The van der Waals surface area contributed by atoms with E-state index in [9.17, 15) is 9.18 Å². The summed E-state index contributed by atoms with van der Waals surface area (Å²) in [5.41, 5.74) is 5.66. The summed E-state index contributed by atoms with van der Waals surface area (Å²) in [7, 11) is 0. The Hall–Kier alpha value is -4.13. The van der Waals surface area contributed by atoms with Crippen molar-refractivity contribution in [2.45, 2.75) is 13.5 Å². The standard InChI is InChI=1S/C26H21FN4O2/c1-15-28-21-7-5-17(12-22(21)29-15)16-6-8-24-19(11-16)14-31(9-10-33-24)26(32)23-13-18-3-2-4-20(27)25(18)30-23/h2-8,11-13,30H,9-10,14H2,1H3,(H,28,29). The van der Waals surface area contributed by atoms with E-state index in [4.69, 9.17) is 4.74 Å². The molecule has 33 heavy (non-hydrogen) atoms. The van der Waals surface area contributed by atoms with Gasteiger partial charge in [-0.25, -0.2) is 9.37 Å². The molecule has 5 aromatic rings. The molecule has 1 amide bonds. The highest BCUT2D eigenvalue weighted by Gasteiger charge is 2.23. The summed E-state index contributed by atoms with van der Waals surface area (Å²) in [6.45, 7) is 3.18. The Kier molecular flexibility index (Phi) is 4.43. The van der Waals surface area contributed by atoms with Crippen LogP contribution in [0.25, 0.3) is 33.1 Å². The molecular weight excluding hydrogens is 419 g/mol. The first-order valence-corrected chi connectivity index (χ1v) is 10.8. The number of amides is 1. The fourth-order valence-electron chi connectivity index (χ4n) is 4.47. The molecule has 0 saturated heterocycles. The molecule has 0 atom stereocenters. The van der Waals surface area contributed by atoms with E-state index in [-0.39, 0.29) is 11.7 Å². The molecule has 0 radical (unpaired) electrons. The van der Waals surface area contributed by atoms with Crippen molar-refractivity contribution in [1.29, 1.82) is 0 Å². The SMILES string of the molecule is Cc1nc2ccc(-c3ccc4c(c3)CN(C(=O)c3cc5cccc(F)c5[nH]3)CCO4)cc2[nH]1. The van der Waals surface area contributed by atoms with E-state index in [1.54, 1.807) is 23.1 Å². The molecule has 2 aromatic heterocycles. The van der Waals surface area contributed by atoms with Gasteiger partial charge in [-0.3, -0.25) is 4.79 Å². The summed E-state index contributed by atoms with van der Waals surface area (Å²) < 4.78 is 20.0. The number of nitrogens with one attached hydrogen (secondary N) is 2. The van der Waals surface area contributed by atoms with Crippen LogP contribution in [0.5, 0.6) is 5.75 Å². The smallest absolute Gasteiger partial charge is 0.270 e. The number of fused-ring (bicyclic) bond motifs is 3. The van der Waals surface area contributed by atoms with Crippen LogP contribution in [0.1, 0.15) is 21.9 Å². The lowest BCUT2D eigenvalue weighted by Crippen LogP contribution is -2.32. The van der Waals surface area contributed by atoms with Crippen molar-refractivity contribution in [2.75, 3.05) is 13.2 Å². The third-order valence-electron chi connectivity index (χ3n) is 6.10. The number of imidazole rings is 1. The molecule has 3 aromatic carbocycles. The van der Waals surface area contributed by atoms with Crippen molar-refractivity contribution in [1.82, 2.24) is 19.9 Å². The average molecular weight is 440 g/mol. The van der Waals surface area contributed by atoms with E-state index < -0.39 is 0 Å². The van der Waals surface area contributed by atoms with E-state index in [2.05, 4.69) is 27.1 Å². The molecule has 0 bridgehead atoms. The number of aromatic nitrogens is 3. The second-order valence-corrected chi connectivity index (χ2v) is 8.34. The van der Waals surface area contributed by atoms with Crippen LogP contribution in [0.2, 0.25) is 0 Å². The predicted octanol–water partition coefficient (Wildman–Crippen LogP) is 5.19. The summed E-state index contributed by atoms with van der Waals surface area (Å²) in [6.07, 6.45) is 0. The van der Waals surface area contributed by atoms with Crippen molar-refractivity contribution in [3.05, 3.63) is 83.6 Å². The topological polar surface area (TPSA) is 74.0 Å². The molecule has 0 saturated carbocycles. The van der Waals surface area contributed by atoms with Crippen LogP contribution in [0.3, 0.4) is 0 Å². The minimum Gasteiger partial charge on any atom is -0.491 e. The lowest BCUT2D eigenvalue weighted by Gasteiger charge is -2.19. The Morgan fingerprint density at radius 2 is 1.91 bits per heavy atom. The summed E-state index contributed by atoms with van der Waals surface area (Å²) in [5.74, 6) is 1.10. The third kappa shape index (κ3) is 3.42. The van der Waals surface area contributed by atoms with Crippen LogP contribution in [0, 0.1) is 12.7 Å². The number of para-hydroxylation sites is 1. The predicted molar refractivity (Wildman–Crippen MR) is 125 cm³/mol. The summed E-state index contributed by atoms with van der Waals surface area (Å²) >= 11 is 0. The maximum atomic E-state index is 14.1. The van der Waals surface area contributed by atoms with E-state index in [1.165, 1.54) is 6.07 Å². The van der Waals surface area contributed by atoms with Gasteiger partial charge in [0, 0.05) is 17.5 Å². The fourth-order valence-corrected chi connectivity index (χ4v) is 4.47. The minimum absolute atomic E-state index is 0.179. The van der Waals surface area contributed by atoms with Crippen LogP contribution in [-0.2, 0) is 6.54 Å². The summed E-state index contributed by atoms with van der Waals surface area (Å²) in [4.78, 5) is 25.7. The van der Waals surface area contributed by atoms with Gasteiger partial charge in [-0.05, 0) is 54.4 Å². The Balaban J connectivity index is 1.32. The van der Waals surface area contributed by atoms with Gasteiger partial charge in [-0.1, -0.05) is 24.3 Å². The number of rotatable bonds is 2. The van der Waals surface area contributed by atoms with Crippen molar-refractivity contribution < 1.29 is 13.9 Å². The average Bonchev–Trinajstić information content (AvgIpc) is 3.35. The minimum atomic E-state index is -0.370. The fraction of sp³-hybridized carbons (Fsp3) is 0.154. The Labute approximate surface area is 189 Å². The lowest BCUT2D eigenvalue weighted by molar-refractivity contribution is 0.0728. The number of hydrogen-bond acceptors (Lipinski definition) is 3. The van der Waals surface area contributed by atoms with Gasteiger partial charge in [0.2, 0.25) is 0 Å². The molecule has 6 rings (SSSR count). The largest absolute Gasteiger partial charge is 0.491 e. The highest BCUT2D eigenvalue weighted by molar-refractivity contribution is 5.98. The molecule has 164 valence electrons. The Morgan fingerprint density at radius 3 is 2.79 bits per heavy atom. The molecule has 0 fully saturated rings. The van der Waals surface area contributed by atoms with Gasteiger partial charge in [0.15, 0.2) is 0 Å². The van der Waals surface area contributed by atoms with Crippen molar-refractivity contribution in [2.24, 2.45) is 0 Å². The Bertz CT molecular complexity index is 1530. The second kappa shape index (κ2) is 7.48. The van der Waals surface area contributed by atoms with E-state index in [0.717, 1.165) is 39.3 Å². The van der Waals surface area contributed by atoms with E-state index in [1.807, 2.05) is 31.2 Å². The molecule has 3 heterocycles. The van der Waals surface area contributed by atoms with E-state index >= 15 is 0 Å². The van der Waals surface area contributed by atoms with Crippen molar-refractivity contribution in [3.63, 3.8) is 0 Å². The van der Waals surface area contributed by atoms with E-state index in [0.29, 0.717) is 36.3 Å². The quantitative estimate of drug-likeness (QED) is 0.397. The molecule has 0 aliphatic carbocycles. The zero-order valence-corrected chi connectivity index (χ0v) is 18.0. The summed E-state index contributed by atoms with van der Waals surface area (Å²) in [6, 6.07) is 18.7. The number of aryl methyl sites for hydroxylation is 1. The highest BCUT2D eigenvalue weighted by atomic mass is 19.1. The molecule has 6 nitrogen and oxygen atoms in total. The summed E-state index contributed by atoms with van der Waals surface area (Å²) in [5, 5.41) is 0.677. The first-order chi connectivity index (χ1) is 16.0. The zero-order chi connectivity index (χ0) is 22.5. The van der Waals surface area contributed by atoms with Gasteiger partial charge in [0.05, 0.1) is 23.1 Å². The molecular formula is C26H21FN4O2. The van der Waals surface area contributed by atoms with Crippen LogP contribution in [0.4, 0.5) is 4.39 Å². The van der Waals surface area contributed by atoms with Crippen LogP contribution < -0.4 is 4.74 Å². The Morgan fingerprint density at radius 1 is 1.06 bits per heavy atom. The first-order valence-electron chi connectivity index (χ1n) is 10.8. The molecule has 0 unspecified atom stereocenters. The number of H-pyrrole nitrogens is 2. The second-order valence-electron chi connectivity index (χ2n) is 8.34. The van der Waals surface area contributed by atoms with Gasteiger partial charge in [0.1, 0.15) is 29.7 Å². The molecule has 2 N–H and O–H groups in total. The number of ether oxygens (including phenoxy) is 1. The number of carbonyl (C=O) groups is 1. The molecule has 1 aliphatic heterocycles. The number of aromatic amines is 2. The number of hydrogen-bond donors (Lipinski definition) is 2. The number of benzene rings is 3. The maximum Gasteiger partial charge on any atom is 0.270 e. The number of halogens is 1. The van der Waals surface area contributed by atoms with Crippen LogP contribution in [0.15, 0.2) is 60.7 Å². The number of nitrogens with zero attached hydrogens (tertiary/aromatic N) is 2. The van der Waals surface area contributed by atoms with Gasteiger partial charge in [-0.15, -0.1) is 0 Å². The van der Waals surface area contributed by atoms with Crippen molar-refractivity contribution >= 4 is 27.8 Å². The van der Waals surface area contributed by atoms with Crippen LogP contribution >= 0.6 is 0 Å². The van der Waals surface area contributed by atoms with Gasteiger partial charge >= 0.3 is 0 Å². The van der Waals surface area contributed by atoms with Gasteiger partial charge in [-0.2, -0.15) is 0 Å². The third-order valence-corrected chi connectivity index (χ3v) is 6.10. The zero-order valence-electron chi connectivity index (χ0n) is 18.0. The molecule has 0 spiro atoms. The molecule has 1 aliphatic rings. The first kappa shape index (κ1) is 19.5.